The van der Waals surface area contributed by atoms with Crippen LogP contribution in [0.25, 0.3) is 0 Å². The van der Waals surface area contributed by atoms with Crippen LogP contribution in [0.2, 0.25) is 0 Å². The molecule has 1 aliphatic heterocycles. The first kappa shape index (κ1) is 18.8. The largest absolute Gasteiger partial charge is 0.304 e. The smallest absolute Gasteiger partial charge is 0.129 e. The van der Waals surface area contributed by atoms with Crippen molar-refractivity contribution in [2.75, 3.05) is 13.1 Å². The summed E-state index contributed by atoms with van der Waals surface area (Å²) in [5, 5.41) is 0. The molecule has 1 fully saturated rings. The molecule has 1 saturated heterocycles. The summed E-state index contributed by atoms with van der Waals surface area (Å²) >= 11 is 0. The molecule has 0 amide bonds. The van der Waals surface area contributed by atoms with Gasteiger partial charge < -0.3 is 4.79 Å². The summed E-state index contributed by atoms with van der Waals surface area (Å²) < 4.78 is 26.8. The van der Waals surface area contributed by atoms with Crippen molar-refractivity contribution in [3.63, 3.8) is 0 Å². The lowest BCUT2D eigenvalue weighted by Crippen LogP contribution is -2.41. The first-order chi connectivity index (χ1) is 10.3. The van der Waals surface area contributed by atoms with E-state index in [0.29, 0.717) is 5.56 Å². The molecule has 0 aromatic heterocycles. The third kappa shape index (κ3) is 5.48. The van der Waals surface area contributed by atoms with Crippen LogP contribution < -0.4 is 0 Å². The number of hydrogen-bond acceptors (Lipinski definition) is 2. The zero-order valence-corrected chi connectivity index (χ0v) is 14.0. The molecule has 1 atom stereocenters. The van der Waals surface area contributed by atoms with Crippen molar-refractivity contribution in [2.24, 2.45) is 0 Å². The van der Waals surface area contributed by atoms with E-state index in [1.54, 1.807) is 6.07 Å². The standard InChI is InChI=1S/C16H23F2N.C2H4O/c1-16(2,3)19-9-4-5-12(8-10-19)14-7-6-13(17)11-15(14)18;1-2-3/h6-7,11-12H,4-5,8-10H2,1-3H3;2H,1H3. The van der Waals surface area contributed by atoms with Crippen LogP contribution in [-0.2, 0) is 4.79 Å². The molecule has 0 N–H and O–H groups in total. The molecule has 0 aliphatic carbocycles. The number of hydrogen-bond donors (Lipinski definition) is 0. The minimum Gasteiger partial charge on any atom is -0.304 e. The average Bonchev–Trinajstić information content (AvgIpc) is 2.65. The second-order valence-corrected chi connectivity index (χ2v) is 6.69. The Morgan fingerprint density at radius 3 is 2.36 bits per heavy atom. The van der Waals surface area contributed by atoms with Crippen LogP contribution in [0.5, 0.6) is 0 Å². The molecule has 22 heavy (non-hydrogen) atoms. The maximum Gasteiger partial charge on any atom is 0.129 e. The Morgan fingerprint density at radius 1 is 1.18 bits per heavy atom. The summed E-state index contributed by atoms with van der Waals surface area (Å²) in [6.45, 7) is 10.1. The molecule has 0 spiro atoms. The van der Waals surface area contributed by atoms with Gasteiger partial charge in [0.1, 0.15) is 17.9 Å². The highest BCUT2D eigenvalue weighted by Gasteiger charge is 2.26. The van der Waals surface area contributed by atoms with Crippen LogP contribution in [0.4, 0.5) is 8.78 Å². The van der Waals surface area contributed by atoms with Crippen LogP contribution in [0.1, 0.15) is 58.4 Å². The van der Waals surface area contributed by atoms with Crippen molar-refractivity contribution >= 4 is 6.29 Å². The lowest BCUT2D eigenvalue weighted by Gasteiger charge is -2.34. The molecule has 0 saturated carbocycles. The van der Waals surface area contributed by atoms with Crippen molar-refractivity contribution in [1.82, 2.24) is 4.90 Å². The van der Waals surface area contributed by atoms with Crippen LogP contribution in [-0.4, -0.2) is 29.8 Å². The van der Waals surface area contributed by atoms with E-state index in [-0.39, 0.29) is 11.5 Å². The molecular formula is C18H27F2NO. The first-order valence-corrected chi connectivity index (χ1v) is 7.89. The van der Waals surface area contributed by atoms with E-state index in [9.17, 15) is 8.78 Å². The number of benzene rings is 1. The highest BCUT2D eigenvalue weighted by Crippen LogP contribution is 2.32. The summed E-state index contributed by atoms with van der Waals surface area (Å²) in [4.78, 5) is 11.3. The second kappa shape index (κ2) is 8.37. The Balaban J connectivity index is 0.000000745. The third-order valence-corrected chi connectivity index (χ3v) is 4.08. The zero-order valence-electron chi connectivity index (χ0n) is 14.0. The fourth-order valence-corrected chi connectivity index (χ4v) is 2.91. The molecule has 1 aromatic rings. The molecular weight excluding hydrogens is 284 g/mol. The van der Waals surface area contributed by atoms with Crippen LogP contribution in [0, 0.1) is 11.6 Å². The molecule has 1 aliphatic rings. The predicted octanol–water partition coefficient (Wildman–Crippen LogP) is 4.54. The van der Waals surface area contributed by atoms with E-state index in [1.807, 2.05) is 0 Å². The lowest BCUT2D eigenvalue weighted by atomic mass is 9.91. The van der Waals surface area contributed by atoms with Gasteiger partial charge in [0.15, 0.2) is 0 Å². The number of nitrogens with zero attached hydrogens (tertiary/aromatic N) is 1. The molecule has 4 heteroatoms. The Labute approximate surface area is 132 Å². The van der Waals surface area contributed by atoms with Gasteiger partial charge in [-0.05, 0) is 77.6 Å². The molecule has 1 unspecified atom stereocenters. The van der Waals surface area contributed by atoms with Gasteiger partial charge in [-0.3, -0.25) is 4.90 Å². The topological polar surface area (TPSA) is 20.3 Å². The van der Waals surface area contributed by atoms with Gasteiger partial charge in [-0.15, -0.1) is 0 Å². The zero-order chi connectivity index (χ0) is 16.8. The number of carbonyl (C=O) groups excluding carboxylic acids is 1. The summed E-state index contributed by atoms with van der Waals surface area (Å²) in [7, 11) is 0. The number of halogens is 2. The van der Waals surface area contributed by atoms with Crippen molar-refractivity contribution in [3.8, 4) is 0 Å². The maximum atomic E-state index is 13.8. The highest BCUT2D eigenvalue weighted by molar-refractivity contribution is 5.44. The van der Waals surface area contributed by atoms with E-state index in [2.05, 4.69) is 25.7 Å². The van der Waals surface area contributed by atoms with Gasteiger partial charge in [-0.1, -0.05) is 6.07 Å². The monoisotopic (exact) mass is 311 g/mol. The lowest BCUT2D eigenvalue weighted by molar-refractivity contribution is -0.106. The summed E-state index contributed by atoms with van der Waals surface area (Å²) in [5.41, 5.74) is 0.841. The Kier molecular flexibility index (Phi) is 7.14. The van der Waals surface area contributed by atoms with Gasteiger partial charge in [0, 0.05) is 11.6 Å². The van der Waals surface area contributed by atoms with E-state index in [4.69, 9.17) is 4.79 Å². The van der Waals surface area contributed by atoms with Crippen LogP contribution in [0.3, 0.4) is 0 Å². The third-order valence-electron chi connectivity index (χ3n) is 4.08. The normalized spacial score (nSPS) is 19.8. The molecule has 0 bridgehead atoms. The van der Waals surface area contributed by atoms with E-state index < -0.39 is 11.6 Å². The first-order valence-electron chi connectivity index (χ1n) is 7.89. The maximum absolute atomic E-state index is 13.8. The van der Waals surface area contributed by atoms with E-state index in [0.717, 1.165) is 44.7 Å². The van der Waals surface area contributed by atoms with E-state index >= 15 is 0 Å². The summed E-state index contributed by atoms with van der Waals surface area (Å²) in [6, 6.07) is 3.98. The predicted molar refractivity (Wildman–Crippen MR) is 86.0 cm³/mol. The van der Waals surface area contributed by atoms with Crippen molar-refractivity contribution in [1.29, 1.82) is 0 Å². The Bertz CT molecular complexity index is 482. The molecule has 1 heterocycles. The number of carbonyl (C=O) groups is 1. The van der Waals surface area contributed by atoms with Crippen molar-refractivity contribution in [2.45, 2.75) is 58.4 Å². The Morgan fingerprint density at radius 2 is 1.82 bits per heavy atom. The van der Waals surface area contributed by atoms with Crippen molar-refractivity contribution < 1.29 is 13.6 Å². The van der Waals surface area contributed by atoms with Gasteiger partial charge >= 0.3 is 0 Å². The van der Waals surface area contributed by atoms with Gasteiger partial charge in [0.2, 0.25) is 0 Å². The fraction of sp³-hybridized carbons (Fsp3) is 0.611. The van der Waals surface area contributed by atoms with Crippen molar-refractivity contribution in [3.05, 3.63) is 35.4 Å². The fourth-order valence-electron chi connectivity index (χ4n) is 2.91. The summed E-state index contributed by atoms with van der Waals surface area (Å²) in [5.74, 6) is -0.673. The molecule has 2 rings (SSSR count). The van der Waals surface area contributed by atoms with Gasteiger partial charge in [0.05, 0.1) is 0 Å². The van der Waals surface area contributed by atoms with E-state index in [1.165, 1.54) is 13.0 Å². The van der Waals surface area contributed by atoms with Gasteiger partial charge in [0.25, 0.3) is 0 Å². The quantitative estimate of drug-likeness (QED) is 0.710. The second-order valence-electron chi connectivity index (χ2n) is 6.69. The van der Waals surface area contributed by atoms with Gasteiger partial charge in [-0.2, -0.15) is 0 Å². The number of rotatable bonds is 1. The SMILES string of the molecule is CC(C)(C)N1CCCC(c2ccc(F)cc2F)CC1.CC=O. The molecule has 2 nitrogen and oxygen atoms in total. The molecule has 0 radical (unpaired) electrons. The van der Waals surface area contributed by atoms with Crippen LogP contribution in [0.15, 0.2) is 18.2 Å². The van der Waals surface area contributed by atoms with Gasteiger partial charge in [-0.25, -0.2) is 8.78 Å². The molecule has 124 valence electrons. The Hall–Kier alpha value is -1.29. The van der Waals surface area contributed by atoms with Crippen LogP contribution >= 0.6 is 0 Å². The molecule has 1 aromatic carbocycles. The minimum atomic E-state index is -0.494. The average molecular weight is 311 g/mol. The highest BCUT2D eigenvalue weighted by atomic mass is 19.1. The summed E-state index contributed by atoms with van der Waals surface area (Å²) in [6.07, 6.45) is 3.74. The number of likely N-dealkylation sites (tertiary alicyclic amines) is 1. The minimum absolute atomic E-state index is 0.163. The number of aldehydes is 1.